The second-order valence-electron chi connectivity index (χ2n) is 6.60. The Morgan fingerprint density at radius 3 is 2.29 bits per heavy atom. The Morgan fingerprint density at radius 2 is 1.71 bits per heavy atom. The van der Waals surface area contributed by atoms with Crippen molar-refractivity contribution >= 4 is 17.5 Å². The van der Waals surface area contributed by atoms with Gasteiger partial charge in [0.2, 0.25) is 0 Å². The van der Waals surface area contributed by atoms with Crippen LogP contribution in [-0.2, 0) is 0 Å². The van der Waals surface area contributed by atoms with Gasteiger partial charge >= 0.3 is 6.36 Å². The lowest BCUT2D eigenvalue weighted by atomic mass is 10.1. The molecule has 0 aliphatic rings. The number of ether oxygens (including phenoxy) is 1. The van der Waals surface area contributed by atoms with Gasteiger partial charge in [0.15, 0.2) is 5.82 Å². The minimum Gasteiger partial charge on any atom is -0.406 e. The van der Waals surface area contributed by atoms with Crippen LogP contribution in [0.1, 0.15) is 17.4 Å². The molecule has 0 unspecified atom stereocenters. The maximum atomic E-state index is 12.6. The number of nitrogens with zero attached hydrogens (tertiary/aromatic N) is 2. The van der Waals surface area contributed by atoms with E-state index >= 15 is 0 Å². The molecule has 1 aromatic heterocycles. The zero-order chi connectivity index (χ0) is 22.6. The summed E-state index contributed by atoms with van der Waals surface area (Å²) in [4.78, 5) is 21.3. The second kappa shape index (κ2) is 9.32. The smallest absolute Gasteiger partial charge is 0.406 e. The molecule has 0 aliphatic carbocycles. The molecule has 3 aromatic rings. The van der Waals surface area contributed by atoms with Gasteiger partial charge in [0.1, 0.15) is 11.4 Å². The lowest BCUT2D eigenvalue weighted by Crippen LogP contribution is -2.35. The predicted molar refractivity (Wildman–Crippen MR) is 109 cm³/mol. The Bertz CT molecular complexity index is 1060. The van der Waals surface area contributed by atoms with Crippen LogP contribution in [0.4, 0.5) is 13.2 Å². The number of aliphatic hydroxyl groups is 1. The number of alkyl halides is 3. The number of hydrogen-bond acceptors (Lipinski definition) is 5. The van der Waals surface area contributed by atoms with Crippen molar-refractivity contribution in [3.63, 3.8) is 0 Å². The number of hydrogen-bond donors (Lipinski definition) is 2. The van der Waals surface area contributed by atoms with Crippen molar-refractivity contribution in [1.82, 2.24) is 15.3 Å². The average Bonchev–Trinajstić information content (AvgIpc) is 2.73. The Kier molecular flexibility index (Phi) is 6.77. The maximum Gasteiger partial charge on any atom is 0.573 e. The number of benzene rings is 2. The monoisotopic (exact) mass is 451 g/mol. The van der Waals surface area contributed by atoms with Crippen LogP contribution in [0.5, 0.6) is 5.75 Å². The van der Waals surface area contributed by atoms with E-state index < -0.39 is 18.3 Å². The van der Waals surface area contributed by atoms with Gasteiger partial charge in [0.25, 0.3) is 5.91 Å². The summed E-state index contributed by atoms with van der Waals surface area (Å²) in [5.74, 6) is -0.679. The summed E-state index contributed by atoms with van der Waals surface area (Å²) < 4.78 is 41.1. The SMILES string of the molecule is C[C@@H](CO)NC(=O)c1cc(-c2ccc(OC(F)(F)F)cc2)nc(-c2ccc(Cl)cc2)n1. The van der Waals surface area contributed by atoms with E-state index in [-0.39, 0.29) is 23.9 Å². The number of halogens is 4. The number of nitrogens with one attached hydrogen (secondary N) is 1. The number of aromatic nitrogens is 2. The van der Waals surface area contributed by atoms with Crippen molar-refractivity contribution in [1.29, 1.82) is 0 Å². The number of carbonyl (C=O) groups is 1. The van der Waals surface area contributed by atoms with E-state index in [4.69, 9.17) is 11.6 Å². The van der Waals surface area contributed by atoms with Crippen LogP contribution >= 0.6 is 11.6 Å². The summed E-state index contributed by atoms with van der Waals surface area (Å²) in [6.45, 7) is 1.37. The van der Waals surface area contributed by atoms with Crippen molar-refractivity contribution in [3.8, 4) is 28.4 Å². The molecule has 1 atom stereocenters. The third-order valence-corrected chi connectivity index (χ3v) is 4.35. The molecule has 10 heteroatoms. The fraction of sp³-hybridized carbons (Fsp3) is 0.190. The average molecular weight is 452 g/mol. The first kappa shape index (κ1) is 22.5. The highest BCUT2D eigenvalue weighted by Crippen LogP contribution is 2.27. The van der Waals surface area contributed by atoms with E-state index in [9.17, 15) is 23.1 Å². The molecule has 0 saturated carbocycles. The topological polar surface area (TPSA) is 84.3 Å². The lowest BCUT2D eigenvalue weighted by molar-refractivity contribution is -0.274. The van der Waals surface area contributed by atoms with Gasteiger partial charge < -0.3 is 15.2 Å². The number of carbonyl (C=O) groups excluding carboxylic acids is 1. The number of rotatable bonds is 6. The van der Waals surface area contributed by atoms with Gasteiger partial charge in [0.05, 0.1) is 12.3 Å². The molecule has 2 N–H and O–H groups in total. The number of aliphatic hydroxyl groups excluding tert-OH is 1. The second-order valence-corrected chi connectivity index (χ2v) is 7.03. The molecule has 31 heavy (non-hydrogen) atoms. The van der Waals surface area contributed by atoms with Gasteiger partial charge in [-0.15, -0.1) is 13.2 Å². The number of amides is 1. The van der Waals surface area contributed by atoms with Gasteiger partial charge in [-0.2, -0.15) is 0 Å². The Hall–Kier alpha value is -3.17. The molecule has 0 radical (unpaired) electrons. The molecule has 0 saturated heterocycles. The first-order valence-corrected chi connectivity index (χ1v) is 9.45. The quantitative estimate of drug-likeness (QED) is 0.577. The highest BCUT2D eigenvalue weighted by molar-refractivity contribution is 6.30. The summed E-state index contributed by atoms with van der Waals surface area (Å²) in [7, 11) is 0. The normalized spacial score (nSPS) is 12.3. The summed E-state index contributed by atoms with van der Waals surface area (Å²) in [6, 6.07) is 12.7. The molecule has 1 amide bonds. The van der Waals surface area contributed by atoms with Crippen molar-refractivity contribution in [3.05, 3.63) is 65.3 Å². The van der Waals surface area contributed by atoms with Crippen molar-refractivity contribution in [2.45, 2.75) is 19.3 Å². The third-order valence-electron chi connectivity index (χ3n) is 4.10. The minimum atomic E-state index is -4.80. The van der Waals surface area contributed by atoms with Gasteiger partial charge in [-0.3, -0.25) is 4.79 Å². The molecule has 0 fully saturated rings. The Balaban J connectivity index is 2.02. The summed E-state index contributed by atoms with van der Waals surface area (Å²) in [5.41, 5.74) is 1.40. The lowest BCUT2D eigenvalue weighted by Gasteiger charge is -2.13. The zero-order valence-corrected chi connectivity index (χ0v) is 16.9. The molecule has 2 aromatic carbocycles. The molecular weight excluding hydrogens is 435 g/mol. The molecule has 0 spiro atoms. The van der Waals surface area contributed by atoms with E-state index in [0.717, 1.165) is 12.1 Å². The van der Waals surface area contributed by atoms with Gasteiger partial charge in [-0.05, 0) is 61.5 Å². The first-order valence-electron chi connectivity index (χ1n) is 9.07. The van der Waals surface area contributed by atoms with Crippen LogP contribution in [0.25, 0.3) is 22.6 Å². The predicted octanol–water partition coefficient (Wildman–Crippen LogP) is 4.47. The zero-order valence-electron chi connectivity index (χ0n) is 16.2. The molecule has 6 nitrogen and oxygen atoms in total. The molecule has 0 bridgehead atoms. The van der Waals surface area contributed by atoms with Crippen molar-refractivity contribution < 1.29 is 27.8 Å². The molecular formula is C21H17ClF3N3O3. The van der Waals surface area contributed by atoms with E-state index in [2.05, 4.69) is 20.0 Å². The highest BCUT2D eigenvalue weighted by Gasteiger charge is 2.31. The Morgan fingerprint density at radius 1 is 1.10 bits per heavy atom. The standard InChI is InChI=1S/C21H17ClF3N3O3/c1-12(11-29)26-20(30)18-10-17(13-4-8-16(9-5-13)31-21(23,24)25)27-19(28-18)14-2-6-15(22)7-3-14/h2-10,12,29H,11H2,1H3,(H,26,30)/t12-/m0/s1. The van der Waals surface area contributed by atoms with Crippen molar-refractivity contribution in [2.75, 3.05) is 6.61 Å². The van der Waals surface area contributed by atoms with Crippen LogP contribution in [0.2, 0.25) is 5.02 Å². The Labute approximate surface area is 180 Å². The summed E-state index contributed by atoms with van der Waals surface area (Å²) >= 11 is 5.92. The molecule has 1 heterocycles. The molecule has 3 rings (SSSR count). The van der Waals surface area contributed by atoms with Crippen molar-refractivity contribution in [2.24, 2.45) is 0 Å². The van der Waals surface area contributed by atoms with E-state index in [1.54, 1.807) is 31.2 Å². The minimum absolute atomic E-state index is 0.0332. The third kappa shape index (κ3) is 6.16. The van der Waals surface area contributed by atoms with E-state index in [1.807, 2.05) is 0 Å². The van der Waals surface area contributed by atoms with E-state index in [1.165, 1.54) is 18.2 Å². The fourth-order valence-electron chi connectivity index (χ4n) is 2.61. The molecule has 162 valence electrons. The van der Waals surface area contributed by atoms with Crippen LogP contribution < -0.4 is 10.1 Å². The maximum absolute atomic E-state index is 12.6. The van der Waals surface area contributed by atoms with Crippen LogP contribution in [0.15, 0.2) is 54.6 Å². The van der Waals surface area contributed by atoms with Gasteiger partial charge in [-0.25, -0.2) is 9.97 Å². The van der Waals surface area contributed by atoms with Crippen LogP contribution in [0.3, 0.4) is 0 Å². The largest absolute Gasteiger partial charge is 0.573 e. The molecule has 0 aliphatic heterocycles. The fourth-order valence-corrected chi connectivity index (χ4v) is 2.74. The summed E-state index contributed by atoms with van der Waals surface area (Å²) in [6.07, 6.45) is -4.80. The first-order chi connectivity index (χ1) is 14.6. The van der Waals surface area contributed by atoms with Gasteiger partial charge in [0, 0.05) is 22.2 Å². The van der Waals surface area contributed by atoms with Crippen LogP contribution in [-0.4, -0.2) is 40.0 Å². The highest BCUT2D eigenvalue weighted by atomic mass is 35.5. The van der Waals surface area contributed by atoms with Crippen LogP contribution in [0, 0.1) is 0 Å². The van der Waals surface area contributed by atoms with E-state index in [0.29, 0.717) is 21.8 Å². The summed E-state index contributed by atoms with van der Waals surface area (Å²) in [5, 5.41) is 12.3. The van der Waals surface area contributed by atoms with Gasteiger partial charge in [-0.1, -0.05) is 11.6 Å².